The van der Waals surface area contributed by atoms with E-state index < -0.39 is 12.1 Å². The fourth-order valence-corrected chi connectivity index (χ4v) is 2.76. The fourth-order valence-electron chi connectivity index (χ4n) is 2.76. The van der Waals surface area contributed by atoms with Gasteiger partial charge in [0.05, 0.1) is 17.8 Å². The number of nitrogens with zero attached hydrogens (tertiary/aromatic N) is 4. The van der Waals surface area contributed by atoms with Gasteiger partial charge < -0.3 is 10.1 Å². The van der Waals surface area contributed by atoms with Crippen molar-refractivity contribution in [1.82, 2.24) is 25.1 Å². The second-order valence-electron chi connectivity index (χ2n) is 5.70. The Balaban J connectivity index is 1.73. The van der Waals surface area contributed by atoms with Gasteiger partial charge in [0, 0.05) is 12.7 Å². The number of rotatable bonds is 3. The first-order valence-corrected chi connectivity index (χ1v) is 7.95. The van der Waals surface area contributed by atoms with Gasteiger partial charge in [-0.3, -0.25) is 9.48 Å². The van der Waals surface area contributed by atoms with Crippen LogP contribution in [0, 0.1) is 0 Å². The summed E-state index contributed by atoms with van der Waals surface area (Å²) in [7, 11) is 0. The quantitative estimate of drug-likeness (QED) is 0.761. The molecule has 1 N–H and O–H groups in total. The summed E-state index contributed by atoms with van der Waals surface area (Å²) in [5.74, 6) is -0.577. The van der Waals surface area contributed by atoms with Crippen LogP contribution in [0.5, 0.6) is 5.75 Å². The molecule has 138 valence electrons. The van der Waals surface area contributed by atoms with Crippen LogP contribution in [0.25, 0.3) is 22.8 Å². The average molecular weight is 375 g/mol. The largest absolute Gasteiger partial charge is 0.573 e. The second kappa shape index (κ2) is 6.38. The Morgan fingerprint density at radius 3 is 2.74 bits per heavy atom. The predicted octanol–water partition coefficient (Wildman–Crippen LogP) is 2.65. The first kappa shape index (κ1) is 17.0. The van der Waals surface area contributed by atoms with Gasteiger partial charge in [0.1, 0.15) is 17.1 Å². The van der Waals surface area contributed by atoms with E-state index in [-0.39, 0.29) is 17.3 Å². The summed E-state index contributed by atoms with van der Waals surface area (Å²) < 4.78 is 43.5. The molecule has 0 spiro atoms. The number of alkyl halides is 3. The van der Waals surface area contributed by atoms with Gasteiger partial charge in [-0.2, -0.15) is 5.10 Å². The van der Waals surface area contributed by atoms with E-state index in [2.05, 4.69) is 25.1 Å². The van der Waals surface area contributed by atoms with Crippen LogP contribution in [-0.4, -0.2) is 38.6 Å². The summed E-state index contributed by atoms with van der Waals surface area (Å²) in [6, 6.07) is 8.77. The molecule has 0 atom stereocenters. The summed E-state index contributed by atoms with van der Waals surface area (Å²) in [6.07, 6.45) is -3.41. The van der Waals surface area contributed by atoms with Crippen LogP contribution in [0.4, 0.5) is 13.2 Å². The SMILES string of the molecule is O=C1NCCn2nc(-c3ccnc(-c4ccccc4OC(F)(F)F)n3)cc21. The van der Waals surface area contributed by atoms with E-state index in [0.29, 0.717) is 30.2 Å². The van der Waals surface area contributed by atoms with Crippen LogP contribution in [0.15, 0.2) is 42.6 Å². The maximum Gasteiger partial charge on any atom is 0.573 e. The minimum absolute atomic E-state index is 0.0581. The van der Waals surface area contributed by atoms with Gasteiger partial charge in [-0.05, 0) is 24.3 Å². The third kappa shape index (κ3) is 3.46. The van der Waals surface area contributed by atoms with Crippen molar-refractivity contribution in [1.29, 1.82) is 0 Å². The molecule has 4 rings (SSSR count). The molecule has 1 amide bonds. The molecule has 1 aromatic carbocycles. The van der Waals surface area contributed by atoms with Crippen LogP contribution in [-0.2, 0) is 6.54 Å². The Hall–Kier alpha value is -3.43. The summed E-state index contributed by atoms with van der Waals surface area (Å²) in [6.45, 7) is 1.01. The lowest BCUT2D eigenvalue weighted by Crippen LogP contribution is -2.35. The zero-order chi connectivity index (χ0) is 19.0. The summed E-state index contributed by atoms with van der Waals surface area (Å²) in [5.41, 5.74) is 1.31. The first-order valence-electron chi connectivity index (χ1n) is 7.95. The van der Waals surface area contributed by atoms with Gasteiger partial charge in [0.25, 0.3) is 5.91 Å². The molecule has 1 aliphatic heterocycles. The van der Waals surface area contributed by atoms with Crippen LogP contribution < -0.4 is 10.1 Å². The van der Waals surface area contributed by atoms with Crippen LogP contribution >= 0.6 is 0 Å². The van der Waals surface area contributed by atoms with Crippen LogP contribution in [0.2, 0.25) is 0 Å². The van der Waals surface area contributed by atoms with Crippen LogP contribution in [0.3, 0.4) is 0 Å². The average Bonchev–Trinajstić information content (AvgIpc) is 3.07. The maximum atomic E-state index is 12.6. The van der Waals surface area contributed by atoms with E-state index >= 15 is 0 Å². The minimum atomic E-state index is -4.83. The molecular weight excluding hydrogens is 363 g/mol. The Bertz CT molecular complexity index is 1020. The lowest BCUT2D eigenvalue weighted by Gasteiger charge is -2.13. The zero-order valence-electron chi connectivity index (χ0n) is 13.7. The van der Waals surface area contributed by atoms with Gasteiger partial charge in [0.15, 0.2) is 5.82 Å². The zero-order valence-corrected chi connectivity index (χ0v) is 13.7. The highest BCUT2D eigenvalue weighted by atomic mass is 19.4. The number of amides is 1. The third-order valence-corrected chi connectivity index (χ3v) is 3.89. The van der Waals surface area contributed by atoms with E-state index in [1.165, 1.54) is 24.4 Å². The van der Waals surface area contributed by atoms with Crippen molar-refractivity contribution < 1.29 is 22.7 Å². The van der Waals surface area contributed by atoms with Gasteiger partial charge in [-0.1, -0.05) is 12.1 Å². The van der Waals surface area contributed by atoms with Crippen molar-refractivity contribution >= 4 is 5.91 Å². The number of carbonyl (C=O) groups is 1. The molecule has 0 aliphatic carbocycles. The molecule has 0 unspecified atom stereocenters. The molecule has 3 heterocycles. The molecule has 0 saturated carbocycles. The fraction of sp³-hybridized carbons (Fsp3) is 0.176. The number of hydrogen-bond acceptors (Lipinski definition) is 5. The first-order chi connectivity index (χ1) is 12.9. The van der Waals surface area contributed by atoms with E-state index in [1.54, 1.807) is 22.9 Å². The molecule has 1 aliphatic rings. The molecule has 3 aromatic rings. The Labute approximate surface area is 150 Å². The normalized spacial score (nSPS) is 13.8. The number of benzene rings is 1. The number of nitrogens with one attached hydrogen (secondary N) is 1. The van der Waals surface area contributed by atoms with E-state index in [4.69, 9.17) is 0 Å². The number of fused-ring (bicyclic) bond motifs is 1. The summed E-state index contributed by atoms with van der Waals surface area (Å²) >= 11 is 0. The number of hydrogen-bond donors (Lipinski definition) is 1. The van der Waals surface area contributed by atoms with Gasteiger partial charge in [0.2, 0.25) is 0 Å². The highest BCUT2D eigenvalue weighted by Crippen LogP contribution is 2.32. The maximum absolute atomic E-state index is 12.6. The van der Waals surface area contributed by atoms with Crippen molar-refractivity contribution in [3.63, 3.8) is 0 Å². The van der Waals surface area contributed by atoms with Gasteiger partial charge in [-0.15, -0.1) is 13.2 Å². The van der Waals surface area contributed by atoms with E-state index in [9.17, 15) is 18.0 Å². The topological polar surface area (TPSA) is 81.9 Å². The third-order valence-electron chi connectivity index (χ3n) is 3.89. The van der Waals surface area contributed by atoms with Crippen molar-refractivity contribution in [3.8, 4) is 28.5 Å². The summed E-state index contributed by atoms with van der Waals surface area (Å²) in [4.78, 5) is 20.2. The smallest absolute Gasteiger partial charge is 0.405 e. The number of carbonyl (C=O) groups excluding carboxylic acids is 1. The predicted molar refractivity (Wildman–Crippen MR) is 87.7 cm³/mol. The van der Waals surface area contributed by atoms with Gasteiger partial charge >= 0.3 is 6.36 Å². The Morgan fingerprint density at radius 1 is 1.15 bits per heavy atom. The standard InChI is InChI=1S/C17H12F3N5O2/c18-17(19,20)27-14-4-2-1-3-10(14)15-21-6-5-11(23-15)12-9-13-16(26)22-7-8-25(13)24-12/h1-6,9H,7-8H2,(H,22,26). The highest BCUT2D eigenvalue weighted by Gasteiger charge is 2.32. The molecule has 0 radical (unpaired) electrons. The molecule has 2 aromatic heterocycles. The van der Waals surface area contributed by atoms with E-state index in [0.717, 1.165) is 0 Å². The van der Waals surface area contributed by atoms with Crippen LogP contribution in [0.1, 0.15) is 10.5 Å². The lowest BCUT2D eigenvalue weighted by atomic mass is 10.1. The number of ether oxygens (including phenoxy) is 1. The lowest BCUT2D eigenvalue weighted by molar-refractivity contribution is -0.274. The molecule has 27 heavy (non-hydrogen) atoms. The number of halogens is 3. The highest BCUT2D eigenvalue weighted by molar-refractivity contribution is 5.94. The van der Waals surface area contributed by atoms with Crippen molar-refractivity contribution in [2.75, 3.05) is 6.54 Å². The molecule has 0 fully saturated rings. The van der Waals surface area contributed by atoms with Crippen molar-refractivity contribution in [3.05, 3.63) is 48.3 Å². The summed E-state index contributed by atoms with van der Waals surface area (Å²) in [5, 5.41) is 7.06. The Kier molecular flexibility index (Phi) is 4.02. The van der Waals surface area contributed by atoms with E-state index in [1.807, 2.05) is 0 Å². The molecular formula is C17H12F3N5O2. The molecule has 0 bridgehead atoms. The number of aromatic nitrogens is 4. The number of para-hydroxylation sites is 1. The molecule has 7 nitrogen and oxygen atoms in total. The molecule has 0 saturated heterocycles. The Morgan fingerprint density at radius 2 is 1.96 bits per heavy atom. The minimum Gasteiger partial charge on any atom is -0.405 e. The second-order valence-corrected chi connectivity index (χ2v) is 5.70. The monoisotopic (exact) mass is 375 g/mol. The van der Waals surface area contributed by atoms with Crippen molar-refractivity contribution in [2.24, 2.45) is 0 Å². The van der Waals surface area contributed by atoms with Gasteiger partial charge in [-0.25, -0.2) is 9.97 Å². The molecule has 10 heteroatoms. The van der Waals surface area contributed by atoms with Crippen molar-refractivity contribution in [2.45, 2.75) is 12.9 Å².